The summed E-state index contributed by atoms with van der Waals surface area (Å²) in [6.07, 6.45) is 5.70. The average molecular weight is 416 g/mol. The second-order valence-electron chi connectivity index (χ2n) is 7.35. The number of carbonyl (C=O) groups excluding carboxylic acids is 1. The smallest absolute Gasteiger partial charge is 0.252 e. The molecule has 2 aliphatic rings. The predicted octanol–water partition coefficient (Wildman–Crippen LogP) is 1.52. The van der Waals surface area contributed by atoms with Gasteiger partial charge in [-0.15, -0.1) is 11.3 Å². The minimum atomic E-state index is -3.61. The third-order valence-corrected chi connectivity index (χ3v) is 8.78. The number of nitrogens with one attached hydrogen (secondary N) is 1. The zero-order valence-corrected chi connectivity index (χ0v) is 17.5. The number of morpholine rings is 1. The number of sulfonamides is 1. The van der Waals surface area contributed by atoms with Gasteiger partial charge in [0.1, 0.15) is 4.21 Å². The highest BCUT2D eigenvalue weighted by Gasteiger charge is 2.39. The lowest BCUT2D eigenvalue weighted by Crippen LogP contribution is -2.60. The maximum Gasteiger partial charge on any atom is 0.252 e. The van der Waals surface area contributed by atoms with Gasteiger partial charge in [0.05, 0.1) is 19.8 Å². The molecule has 0 unspecified atom stereocenters. The fourth-order valence-corrected chi connectivity index (χ4v) is 6.35. The minimum Gasteiger partial charge on any atom is -0.379 e. The molecule has 152 valence electrons. The molecule has 27 heavy (non-hydrogen) atoms. The molecule has 0 radical (unpaired) electrons. The first-order chi connectivity index (χ1) is 12.9. The maximum atomic E-state index is 12.5. The van der Waals surface area contributed by atoms with E-state index in [9.17, 15) is 13.2 Å². The monoisotopic (exact) mass is 415 g/mol. The first-order valence-corrected chi connectivity index (χ1v) is 11.9. The molecule has 1 aromatic heterocycles. The van der Waals surface area contributed by atoms with E-state index in [4.69, 9.17) is 4.74 Å². The molecule has 9 heteroatoms. The first-order valence-electron chi connectivity index (χ1n) is 9.53. The Balaban J connectivity index is 1.59. The highest BCUT2D eigenvalue weighted by molar-refractivity contribution is 7.91. The molecule has 0 atom stereocenters. The summed E-state index contributed by atoms with van der Waals surface area (Å²) >= 11 is 1.16. The van der Waals surface area contributed by atoms with Gasteiger partial charge in [-0.3, -0.25) is 9.69 Å². The second kappa shape index (κ2) is 9.00. The Morgan fingerprint density at radius 1 is 1.30 bits per heavy atom. The van der Waals surface area contributed by atoms with E-state index in [-0.39, 0.29) is 22.2 Å². The Kier molecular flexibility index (Phi) is 6.91. The zero-order chi connectivity index (χ0) is 19.3. The summed E-state index contributed by atoms with van der Waals surface area (Å²) in [5.74, 6) is -0.254. The summed E-state index contributed by atoms with van der Waals surface area (Å²) < 4.78 is 31.8. The lowest BCUT2D eigenvalue weighted by Gasteiger charge is -2.48. The summed E-state index contributed by atoms with van der Waals surface area (Å²) in [4.78, 5) is 14.9. The molecule has 1 saturated carbocycles. The van der Waals surface area contributed by atoms with Crippen LogP contribution in [0.15, 0.2) is 21.7 Å². The van der Waals surface area contributed by atoms with Crippen molar-refractivity contribution in [2.24, 2.45) is 0 Å². The van der Waals surface area contributed by atoms with E-state index < -0.39 is 10.0 Å². The largest absolute Gasteiger partial charge is 0.379 e. The number of hydrogen-bond acceptors (Lipinski definition) is 6. The van der Waals surface area contributed by atoms with Crippen LogP contribution in [0.2, 0.25) is 0 Å². The Hall–Kier alpha value is -1.00. The fourth-order valence-electron chi connectivity index (χ4n) is 4.02. The lowest BCUT2D eigenvalue weighted by molar-refractivity contribution is -0.122. The van der Waals surface area contributed by atoms with Crippen molar-refractivity contribution in [1.29, 1.82) is 0 Å². The quantitative estimate of drug-likeness (QED) is 0.730. The van der Waals surface area contributed by atoms with Crippen molar-refractivity contribution >= 4 is 27.3 Å². The van der Waals surface area contributed by atoms with Crippen LogP contribution in [0.25, 0.3) is 0 Å². The third kappa shape index (κ3) is 4.89. The highest BCUT2D eigenvalue weighted by Crippen LogP contribution is 2.33. The van der Waals surface area contributed by atoms with Crippen LogP contribution in [0.3, 0.4) is 0 Å². The van der Waals surface area contributed by atoms with Gasteiger partial charge < -0.3 is 10.1 Å². The van der Waals surface area contributed by atoms with Gasteiger partial charge in [0.2, 0.25) is 5.91 Å². The van der Waals surface area contributed by atoms with Gasteiger partial charge in [0.25, 0.3) is 10.0 Å². The summed E-state index contributed by atoms with van der Waals surface area (Å²) in [5.41, 5.74) is -0.0249. The summed E-state index contributed by atoms with van der Waals surface area (Å²) in [6.45, 7) is 3.65. The number of carbonyl (C=O) groups is 1. The highest BCUT2D eigenvalue weighted by atomic mass is 32.2. The van der Waals surface area contributed by atoms with E-state index in [1.165, 1.54) is 26.3 Å². The van der Waals surface area contributed by atoms with Crippen LogP contribution in [0.4, 0.5) is 0 Å². The normalized spacial score (nSPS) is 21.3. The second-order valence-corrected chi connectivity index (χ2v) is 10.6. The molecule has 1 aliphatic heterocycles. The van der Waals surface area contributed by atoms with Gasteiger partial charge in [-0.05, 0) is 24.3 Å². The van der Waals surface area contributed by atoms with Crippen molar-refractivity contribution < 1.29 is 17.9 Å². The molecular formula is C18H29N3O4S2. The van der Waals surface area contributed by atoms with Crippen LogP contribution in [-0.4, -0.2) is 75.5 Å². The molecule has 1 N–H and O–H groups in total. The molecule has 1 amide bonds. The predicted molar refractivity (Wildman–Crippen MR) is 105 cm³/mol. The van der Waals surface area contributed by atoms with Crippen LogP contribution in [0.1, 0.15) is 32.1 Å². The molecule has 1 aromatic rings. The van der Waals surface area contributed by atoms with Gasteiger partial charge in [0, 0.05) is 32.2 Å². The van der Waals surface area contributed by atoms with E-state index in [0.717, 1.165) is 54.8 Å². The molecule has 0 aromatic carbocycles. The average Bonchev–Trinajstić information content (AvgIpc) is 3.23. The van der Waals surface area contributed by atoms with Crippen molar-refractivity contribution in [3.05, 3.63) is 17.5 Å². The zero-order valence-electron chi connectivity index (χ0n) is 15.9. The number of nitrogens with zero attached hydrogens (tertiary/aromatic N) is 2. The Morgan fingerprint density at radius 2 is 2.00 bits per heavy atom. The van der Waals surface area contributed by atoms with Crippen LogP contribution in [-0.2, 0) is 19.6 Å². The lowest BCUT2D eigenvalue weighted by atomic mass is 9.79. The molecule has 2 heterocycles. The molecule has 2 fully saturated rings. The number of rotatable bonds is 7. The molecule has 7 nitrogen and oxygen atoms in total. The van der Waals surface area contributed by atoms with Crippen LogP contribution in [0, 0.1) is 0 Å². The maximum absolute atomic E-state index is 12.5. The molecule has 1 saturated heterocycles. The molecule has 0 spiro atoms. The van der Waals surface area contributed by atoms with Crippen molar-refractivity contribution in [2.45, 2.75) is 41.9 Å². The van der Waals surface area contributed by atoms with E-state index in [2.05, 4.69) is 10.2 Å². The van der Waals surface area contributed by atoms with Crippen LogP contribution < -0.4 is 5.32 Å². The van der Waals surface area contributed by atoms with E-state index in [0.29, 0.717) is 6.54 Å². The summed E-state index contributed by atoms with van der Waals surface area (Å²) in [5, 5.41) is 4.73. The summed E-state index contributed by atoms with van der Waals surface area (Å²) in [6, 6.07) is 3.25. The number of hydrogen-bond donors (Lipinski definition) is 1. The van der Waals surface area contributed by atoms with Crippen LogP contribution >= 0.6 is 11.3 Å². The molecular weight excluding hydrogens is 386 g/mol. The number of likely N-dealkylation sites (N-methyl/N-ethyl adjacent to an activating group) is 1. The van der Waals surface area contributed by atoms with E-state index >= 15 is 0 Å². The first kappa shape index (κ1) is 20.7. The number of ether oxygens (including phenoxy) is 1. The van der Waals surface area contributed by atoms with Gasteiger partial charge in [-0.25, -0.2) is 8.42 Å². The SMILES string of the molecule is CN(CC(=O)NCC1(N2CCOCC2)CCCCC1)S(=O)(=O)c1cccs1. The number of amides is 1. The standard InChI is InChI=1S/C18H29N3O4S2/c1-20(27(23,24)17-6-5-13-26-17)14-16(22)19-15-18(7-3-2-4-8-18)21-9-11-25-12-10-21/h5-6,13H,2-4,7-12,14-15H2,1H3,(H,19,22). The molecule has 0 bridgehead atoms. The van der Waals surface area contributed by atoms with Gasteiger partial charge in [-0.1, -0.05) is 25.3 Å². The Labute approximate surface area is 165 Å². The van der Waals surface area contributed by atoms with Crippen molar-refractivity contribution in [2.75, 3.05) is 46.4 Å². The number of thiophene rings is 1. The van der Waals surface area contributed by atoms with Gasteiger partial charge >= 0.3 is 0 Å². The van der Waals surface area contributed by atoms with Crippen molar-refractivity contribution in [3.63, 3.8) is 0 Å². The van der Waals surface area contributed by atoms with Crippen molar-refractivity contribution in [3.8, 4) is 0 Å². The van der Waals surface area contributed by atoms with Gasteiger partial charge in [0.15, 0.2) is 0 Å². The molecule has 3 rings (SSSR count). The van der Waals surface area contributed by atoms with E-state index in [1.54, 1.807) is 17.5 Å². The minimum absolute atomic E-state index is 0.0249. The topological polar surface area (TPSA) is 79.0 Å². The van der Waals surface area contributed by atoms with Crippen LogP contribution in [0.5, 0.6) is 0 Å². The van der Waals surface area contributed by atoms with Gasteiger partial charge in [-0.2, -0.15) is 4.31 Å². The van der Waals surface area contributed by atoms with Crippen molar-refractivity contribution in [1.82, 2.24) is 14.5 Å². The Morgan fingerprint density at radius 3 is 2.63 bits per heavy atom. The Bertz CT molecular complexity index is 709. The molecule has 1 aliphatic carbocycles. The summed E-state index contributed by atoms with van der Waals surface area (Å²) in [7, 11) is -2.15. The third-order valence-electron chi connectivity index (χ3n) is 5.61. The van der Waals surface area contributed by atoms with E-state index in [1.807, 2.05) is 0 Å². The fraction of sp³-hybridized carbons (Fsp3) is 0.722.